The summed E-state index contributed by atoms with van der Waals surface area (Å²) in [6.45, 7) is 0.252. The zero-order valence-electron chi connectivity index (χ0n) is 15.1. The number of halogens is 1. The number of aromatic nitrogens is 1. The van der Waals surface area contributed by atoms with Gasteiger partial charge in [-0.2, -0.15) is 0 Å². The van der Waals surface area contributed by atoms with Gasteiger partial charge in [0.1, 0.15) is 11.9 Å². The monoisotopic (exact) mass is 398 g/mol. The van der Waals surface area contributed by atoms with Crippen molar-refractivity contribution in [3.05, 3.63) is 65.6 Å². The molecule has 1 saturated carbocycles. The first kappa shape index (κ1) is 17.5. The zero-order valence-corrected chi connectivity index (χ0v) is 15.8. The number of carbonyl (C=O) groups is 2. The highest BCUT2D eigenvalue weighted by Gasteiger charge is 2.52. The summed E-state index contributed by atoms with van der Waals surface area (Å²) in [7, 11) is 0. The van der Waals surface area contributed by atoms with Gasteiger partial charge >= 0.3 is 0 Å². The van der Waals surface area contributed by atoms with E-state index < -0.39 is 6.04 Å². The van der Waals surface area contributed by atoms with E-state index in [4.69, 9.17) is 20.8 Å². The summed E-state index contributed by atoms with van der Waals surface area (Å²) in [5, 5.41) is -0.0379. The average Bonchev–Trinajstić information content (AvgIpc) is 3.31. The summed E-state index contributed by atoms with van der Waals surface area (Å²) >= 11 is 6.33. The first-order chi connectivity index (χ1) is 13.6. The van der Waals surface area contributed by atoms with E-state index in [0.29, 0.717) is 24.2 Å². The number of hydrogen-bond acceptors (Lipinski definition) is 5. The molecule has 0 aromatic carbocycles. The fourth-order valence-corrected chi connectivity index (χ4v) is 4.80. The van der Waals surface area contributed by atoms with Gasteiger partial charge in [-0.3, -0.25) is 14.6 Å². The van der Waals surface area contributed by atoms with E-state index in [-0.39, 0.29) is 41.4 Å². The second-order valence-corrected chi connectivity index (χ2v) is 8.10. The highest BCUT2D eigenvalue weighted by molar-refractivity contribution is 6.21. The quantitative estimate of drug-likeness (QED) is 0.741. The van der Waals surface area contributed by atoms with Crippen LogP contribution >= 0.6 is 11.6 Å². The van der Waals surface area contributed by atoms with Crippen molar-refractivity contribution in [3.8, 4) is 0 Å². The Morgan fingerprint density at radius 2 is 2.11 bits per heavy atom. The van der Waals surface area contributed by atoms with Crippen molar-refractivity contribution >= 4 is 23.3 Å². The molecule has 4 unspecified atom stereocenters. The molecule has 28 heavy (non-hydrogen) atoms. The van der Waals surface area contributed by atoms with Crippen molar-refractivity contribution in [1.82, 2.24) is 9.88 Å². The molecule has 4 atom stereocenters. The van der Waals surface area contributed by atoms with E-state index in [2.05, 4.69) is 4.98 Å². The smallest absolute Gasteiger partial charge is 0.290 e. The largest absolute Gasteiger partial charge is 0.483 e. The minimum Gasteiger partial charge on any atom is -0.483 e. The van der Waals surface area contributed by atoms with Crippen molar-refractivity contribution < 1.29 is 18.7 Å². The number of nitrogens with zero attached hydrogens (tertiary/aromatic N) is 2. The Morgan fingerprint density at radius 1 is 1.21 bits per heavy atom. The molecule has 1 amide bonds. The number of ketones is 1. The van der Waals surface area contributed by atoms with E-state index in [9.17, 15) is 9.59 Å². The molecule has 0 bridgehead atoms. The van der Waals surface area contributed by atoms with Gasteiger partial charge in [0, 0.05) is 17.8 Å². The molecule has 0 radical (unpaired) electrons. The molecule has 1 aliphatic carbocycles. The van der Waals surface area contributed by atoms with Crippen molar-refractivity contribution in [2.24, 2.45) is 5.92 Å². The Kier molecular flexibility index (Phi) is 4.23. The Labute approximate surface area is 167 Å². The molecular formula is C21H19ClN2O4. The predicted molar refractivity (Wildman–Crippen MR) is 100 cm³/mol. The second kappa shape index (κ2) is 6.78. The minimum absolute atomic E-state index is 0.0271. The number of alkyl halides is 1. The molecule has 144 valence electrons. The van der Waals surface area contributed by atoms with Crippen LogP contribution in [0.3, 0.4) is 0 Å². The molecule has 2 aliphatic heterocycles. The van der Waals surface area contributed by atoms with Crippen LogP contribution in [0.4, 0.5) is 0 Å². The van der Waals surface area contributed by atoms with Gasteiger partial charge < -0.3 is 14.1 Å². The van der Waals surface area contributed by atoms with Crippen molar-refractivity contribution in [3.63, 3.8) is 0 Å². The van der Waals surface area contributed by atoms with Crippen LogP contribution in [0.15, 0.2) is 58.7 Å². The van der Waals surface area contributed by atoms with Gasteiger partial charge in [0.15, 0.2) is 11.5 Å². The topological polar surface area (TPSA) is 72.6 Å². The van der Waals surface area contributed by atoms with E-state index in [1.807, 2.05) is 12.1 Å². The lowest BCUT2D eigenvalue weighted by Gasteiger charge is -2.37. The average molecular weight is 399 g/mol. The molecular weight excluding hydrogens is 380 g/mol. The summed E-state index contributed by atoms with van der Waals surface area (Å²) in [6.07, 6.45) is 6.70. The molecule has 7 heteroatoms. The third-order valence-corrected chi connectivity index (χ3v) is 6.18. The Hall–Kier alpha value is -2.60. The number of pyridine rings is 1. The van der Waals surface area contributed by atoms with Crippen LogP contribution in [-0.2, 0) is 20.9 Å². The number of hydrogen-bond donors (Lipinski definition) is 0. The van der Waals surface area contributed by atoms with Gasteiger partial charge in [-0.1, -0.05) is 6.07 Å². The number of ether oxygens (including phenoxy) is 1. The first-order valence-electron chi connectivity index (χ1n) is 9.46. The summed E-state index contributed by atoms with van der Waals surface area (Å²) in [5.41, 5.74) is 1.21. The standard InChI is InChI=1S/C21H19ClN2O4/c22-13-5-6-16-15(9-13)19(25)17-18(12-3-1-7-23-10-12)24(21(26)20(17)28-16)11-14-4-2-8-27-14/h1-4,7-8,10,13,15-16,18H,5-6,9,11H2. The second-order valence-electron chi connectivity index (χ2n) is 7.48. The van der Waals surface area contributed by atoms with Gasteiger partial charge in [-0.15, -0.1) is 11.6 Å². The number of carbonyl (C=O) groups excluding carboxylic acids is 2. The molecule has 6 nitrogen and oxygen atoms in total. The predicted octanol–water partition coefficient (Wildman–Crippen LogP) is 3.39. The Balaban J connectivity index is 1.58. The van der Waals surface area contributed by atoms with E-state index >= 15 is 0 Å². The normalized spacial score (nSPS) is 29.5. The maximum atomic E-state index is 13.4. The molecule has 0 saturated heterocycles. The number of amides is 1. The lowest BCUT2D eigenvalue weighted by Crippen LogP contribution is -2.41. The van der Waals surface area contributed by atoms with Gasteiger partial charge in [0.25, 0.3) is 5.91 Å². The highest BCUT2D eigenvalue weighted by Crippen LogP contribution is 2.47. The van der Waals surface area contributed by atoms with Crippen LogP contribution in [0.1, 0.15) is 36.6 Å². The third-order valence-electron chi connectivity index (χ3n) is 5.79. The summed E-state index contributed by atoms with van der Waals surface area (Å²) in [4.78, 5) is 32.5. The molecule has 3 aliphatic rings. The third kappa shape index (κ3) is 2.75. The van der Waals surface area contributed by atoms with Crippen LogP contribution in [0.2, 0.25) is 0 Å². The fourth-order valence-electron chi connectivity index (χ4n) is 4.48. The van der Waals surface area contributed by atoms with Crippen LogP contribution in [0.5, 0.6) is 0 Å². The number of Topliss-reactive ketones (excluding diaryl/α,β-unsaturated/α-hetero) is 1. The maximum Gasteiger partial charge on any atom is 0.290 e. The van der Waals surface area contributed by atoms with Crippen molar-refractivity contribution in [1.29, 1.82) is 0 Å². The van der Waals surface area contributed by atoms with Crippen LogP contribution in [0, 0.1) is 5.92 Å². The highest BCUT2D eigenvalue weighted by atomic mass is 35.5. The summed E-state index contributed by atoms with van der Waals surface area (Å²) in [6, 6.07) is 6.73. The van der Waals surface area contributed by atoms with E-state index in [1.54, 1.807) is 35.7 Å². The van der Waals surface area contributed by atoms with Gasteiger partial charge in [0.05, 0.1) is 30.3 Å². The Morgan fingerprint density at radius 3 is 2.86 bits per heavy atom. The SMILES string of the molecule is O=C1C2=C(OC3CCC(Cl)CC13)C(=O)N(Cc1ccco1)C2c1cccnc1. The zero-order chi connectivity index (χ0) is 19.3. The summed E-state index contributed by atoms with van der Waals surface area (Å²) < 4.78 is 11.6. The van der Waals surface area contributed by atoms with Gasteiger partial charge in [-0.25, -0.2) is 0 Å². The molecule has 0 N–H and O–H groups in total. The lowest BCUT2D eigenvalue weighted by atomic mass is 9.77. The fraction of sp³-hybridized carbons (Fsp3) is 0.381. The molecule has 2 aromatic rings. The van der Waals surface area contributed by atoms with Crippen molar-refractivity contribution in [2.75, 3.05) is 0 Å². The number of fused-ring (bicyclic) bond motifs is 1. The Bertz CT molecular complexity index is 941. The summed E-state index contributed by atoms with van der Waals surface area (Å²) in [5.74, 6) is 0.221. The molecule has 5 rings (SSSR count). The minimum atomic E-state index is -0.537. The van der Waals surface area contributed by atoms with E-state index in [1.165, 1.54) is 0 Å². The lowest BCUT2D eigenvalue weighted by molar-refractivity contribution is -0.135. The van der Waals surface area contributed by atoms with Crippen LogP contribution < -0.4 is 0 Å². The van der Waals surface area contributed by atoms with Crippen LogP contribution in [0.25, 0.3) is 0 Å². The van der Waals surface area contributed by atoms with Gasteiger partial charge in [-0.05, 0) is 43.0 Å². The number of furan rings is 1. The molecule has 4 heterocycles. The number of rotatable bonds is 3. The van der Waals surface area contributed by atoms with Crippen LogP contribution in [-0.4, -0.2) is 33.1 Å². The maximum absolute atomic E-state index is 13.4. The van der Waals surface area contributed by atoms with Gasteiger partial charge in [0.2, 0.25) is 0 Å². The van der Waals surface area contributed by atoms with Crippen molar-refractivity contribution in [2.45, 2.75) is 43.3 Å². The molecule has 2 aromatic heterocycles. The molecule has 0 spiro atoms. The first-order valence-corrected chi connectivity index (χ1v) is 9.89. The molecule has 1 fully saturated rings. The van der Waals surface area contributed by atoms with E-state index in [0.717, 1.165) is 12.0 Å².